The number of aryl methyl sites for hydroxylation is 2. The molecule has 2 aliphatic rings. The van der Waals surface area contributed by atoms with Crippen molar-refractivity contribution < 1.29 is 9.53 Å². The monoisotopic (exact) mass is 512 g/mol. The van der Waals surface area contributed by atoms with Gasteiger partial charge in [0.05, 0.1) is 30.0 Å². The van der Waals surface area contributed by atoms with Gasteiger partial charge in [0.2, 0.25) is 0 Å². The molecule has 2 saturated heterocycles. The van der Waals surface area contributed by atoms with E-state index in [0.717, 1.165) is 44.0 Å². The molecule has 0 aliphatic carbocycles. The van der Waals surface area contributed by atoms with Crippen LogP contribution in [0.25, 0.3) is 0 Å². The molecule has 5 rings (SSSR count). The first kappa shape index (κ1) is 26.0. The van der Waals surface area contributed by atoms with Crippen molar-refractivity contribution in [2.75, 3.05) is 50.7 Å². The largest absolute Gasteiger partial charge is 0.372 e. The molecule has 0 saturated carbocycles. The lowest BCUT2D eigenvalue weighted by Crippen LogP contribution is -2.50. The van der Waals surface area contributed by atoms with Crippen molar-refractivity contribution in [1.29, 1.82) is 5.26 Å². The third-order valence-corrected chi connectivity index (χ3v) is 7.55. The number of amides is 1. The number of hydrogen-bond acceptors (Lipinski definition) is 6. The molecule has 0 spiro atoms. The van der Waals surface area contributed by atoms with Crippen LogP contribution in [0.15, 0.2) is 54.6 Å². The first-order valence-electron chi connectivity index (χ1n) is 13.5. The number of ether oxygens (including phenoxy) is 1. The van der Waals surface area contributed by atoms with Gasteiger partial charge in [0, 0.05) is 58.5 Å². The first-order chi connectivity index (χ1) is 18.5. The molecule has 3 aromatic rings. The summed E-state index contributed by atoms with van der Waals surface area (Å²) < 4.78 is 8.21. The Morgan fingerprint density at radius 2 is 1.76 bits per heavy atom. The van der Waals surface area contributed by atoms with Crippen LogP contribution in [0.5, 0.6) is 0 Å². The summed E-state index contributed by atoms with van der Waals surface area (Å²) in [6.45, 7) is 8.30. The van der Waals surface area contributed by atoms with Gasteiger partial charge >= 0.3 is 0 Å². The van der Waals surface area contributed by atoms with Crippen LogP contribution < -0.4 is 4.90 Å². The maximum absolute atomic E-state index is 13.0. The van der Waals surface area contributed by atoms with E-state index in [4.69, 9.17) is 10.00 Å². The summed E-state index contributed by atoms with van der Waals surface area (Å²) in [5, 5.41) is 13.4. The summed E-state index contributed by atoms with van der Waals surface area (Å²) in [6, 6.07) is 20.4. The fraction of sp³-hybridized carbons (Fsp3) is 0.433. The number of benzene rings is 2. The minimum Gasteiger partial charge on any atom is -0.372 e. The molecular weight excluding hydrogens is 476 g/mol. The topological polar surface area (TPSA) is 77.6 Å². The summed E-state index contributed by atoms with van der Waals surface area (Å²) in [5.74, 6) is 0.0414. The Labute approximate surface area is 225 Å². The second kappa shape index (κ2) is 11.8. The first-order valence-corrected chi connectivity index (χ1v) is 13.5. The predicted molar refractivity (Wildman–Crippen MR) is 147 cm³/mol. The van der Waals surface area contributed by atoms with E-state index >= 15 is 0 Å². The molecule has 3 heterocycles. The van der Waals surface area contributed by atoms with Crippen molar-refractivity contribution in [3.8, 4) is 6.07 Å². The molecule has 8 heteroatoms. The lowest BCUT2D eigenvalue weighted by atomic mass is 10.1. The van der Waals surface area contributed by atoms with E-state index in [-0.39, 0.29) is 12.0 Å². The Kier molecular flexibility index (Phi) is 8.06. The molecule has 1 atom stereocenters. The third-order valence-electron chi connectivity index (χ3n) is 7.55. The summed E-state index contributed by atoms with van der Waals surface area (Å²) in [7, 11) is 1.82. The minimum absolute atomic E-state index is 0.0414. The van der Waals surface area contributed by atoms with Crippen molar-refractivity contribution in [1.82, 2.24) is 19.6 Å². The second-order valence-electron chi connectivity index (χ2n) is 10.3. The van der Waals surface area contributed by atoms with E-state index in [0.29, 0.717) is 31.0 Å². The Hall–Kier alpha value is -3.67. The van der Waals surface area contributed by atoms with Crippen LogP contribution in [-0.4, -0.2) is 71.3 Å². The smallest absolute Gasteiger partial charge is 0.272 e. The van der Waals surface area contributed by atoms with Gasteiger partial charge in [-0.05, 0) is 61.2 Å². The van der Waals surface area contributed by atoms with E-state index in [1.807, 2.05) is 49.2 Å². The van der Waals surface area contributed by atoms with Crippen LogP contribution in [0.4, 0.5) is 5.69 Å². The summed E-state index contributed by atoms with van der Waals surface area (Å²) in [4.78, 5) is 19.8. The molecule has 0 radical (unpaired) electrons. The maximum Gasteiger partial charge on any atom is 0.272 e. The number of nitrogens with zero attached hydrogens (tertiary/aromatic N) is 6. The van der Waals surface area contributed by atoms with Gasteiger partial charge in [-0.15, -0.1) is 0 Å². The zero-order valence-corrected chi connectivity index (χ0v) is 22.3. The average molecular weight is 513 g/mol. The standard InChI is InChI=1S/C30H36N6O2/c1-23-18-28(33(2)32-23)30(37)36-16-14-34(15-17-36)21-29(38-22-25-10-8-24(20-31)9-11-25)26-6-5-7-27(19-26)35-12-3-4-13-35/h5-11,18-19,29H,3-4,12-17,21-22H2,1-2H3/t29-/m0/s1. The number of rotatable bonds is 8. The Morgan fingerprint density at radius 3 is 2.42 bits per heavy atom. The van der Waals surface area contributed by atoms with E-state index in [1.165, 1.54) is 24.1 Å². The van der Waals surface area contributed by atoms with Gasteiger partial charge in [-0.3, -0.25) is 14.4 Å². The second-order valence-corrected chi connectivity index (χ2v) is 10.3. The Balaban J connectivity index is 1.27. The molecule has 38 heavy (non-hydrogen) atoms. The van der Waals surface area contributed by atoms with Crippen LogP contribution >= 0.6 is 0 Å². The van der Waals surface area contributed by atoms with Gasteiger partial charge in [-0.25, -0.2) is 0 Å². The quantitative estimate of drug-likeness (QED) is 0.455. The van der Waals surface area contributed by atoms with E-state index < -0.39 is 0 Å². The molecule has 2 aliphatic heterocycles. The van der Waals surface area contributed by atoms with Crippen LogP contribution in [0.1, 0.15) is 51.8 Å². The van der Waals surface area contributed by atoms with Crippen molar-refractivity contribution in [2.24, 2.45) is 7.05 Å². The molecule has 198 valence electrons. The van der Waals surface area contributed by atoms with Crippen LogP contribution in [0, 0.1) is 18.3 Å². The SMILES string of the molecule is Cc1cc(C(=O)N2CCN(C[C@H](OCc3ccc(C#N)cc3)c3cccc(N4CCCC4)c3)CC2)n(C)n1. The molecule has 1 amide bonds. The summed E-state index contributed by atoms with van der Waals surface area (Å²) in [6.07, 6.45) is 2.38. The van der Waals surface area contributed by atoms with Crippen molar-refractivity contribution in [3.05, 3.63) is 82.7 Å². The van der Waals surface area contributed by atoms with Gasteiger partial charge in [-0.1, -0.05) is 24.3 Å². The van der Waals surface area contributed by atoms with Gasteiger partial charge in [-0.2, -0.15) is 10.4 Å². The predicted octanol–water partition coefficient (Wildman–Crippen LogP) is 3.92. The summed E-state index contributed by atoms with van der Waals surface area (Å²) >= 11 is 0. The molecular formula is C30H36N6O2. The highest BCUT2D eigenvalue weighted by molar-refractivity contribution is 5.92. The molecule has 2 fully saturated rings. The molecule has 1 aromatic heterocycles. The minimum atomic E-state index is -0.102. The number of anilines is 1. The van der Waals surface area contributed by atoms with Gasteiger partial charge in [0.15, 0.2) is 0 Å². The number of hydrogen-bond donors (Lipinski definition) is 0. The molecule has 2 aromatic carbocycles. The molecule has 0 unspecified atom stereocenters. The zero-order valence-electron chi connectivity index (χ0n) is 22.3. The van der Waals surface area contributed by atoms with Crippen LogP contribution in [-0.2, 0) is 18.4 Å². The fourth-order valence-corrected chi connectivity index (χ4v) is 5.36. The van der Waals surface area contributed by atoms with Crippen LogP contribution in [0.2, 0.25) is 0 Å². The van der Waals surface area contributed by atoms with Gasteiger partial charge in [0.25, 0.3) is 5.91 Å². The number of carbonyl (C=O) groups excluding carboxylic acids is 1. The molecule has 0 bridgehead atoms. The Bertz CT molecular complexity index is 1280. The van der Waals surface area contributed by atoms with E-state index in [1.54, 1.807) is 4.68 Å². The normalized spacial score (nSPS) is 17.0. The van der Waals surface area contributed by atoms with E-state index in [2.05, 4.69) is 45.2 Å². The molecule has 8 nitrogen and oxygen atoms in total. The highest BCUT2D eigenvalue weighted by Crippen LogP contribution is 2.28. The van der Waals surface area contributed by atoms with Crippen molar-refractivity contribution in [2.45, 2.75) is 32.5 Å². The number of aromatic nitrogens is 2. The number of piperazine rings is 1. The summed E-state index contributed by atoms with van der Waals surface area (Å²) in [5.41, 5.74) is 5.62. The lowest BCUT2D eigenvalue weighted by Gasteiger charge is -2.36. The van der Waals surface area contributed by atoms with Gasteiger partial charge < -0.3 is 14.5 Å². The van der Waals surface area contributed by atoms with Gasteiger partial charge in [0.1, 0.15) is 5.69 Å². The average Bonchev–Trinajstić information content (AvgIpc) is 3.61. The third kappa shape index (κ3) is 6.07. The van der Waals surface area contributed by atoms with Crippen LogP contribution in [0.3, 0.4) is 0 Å². The van der Waals surface area contributed by atoms with E-state index in [9.17, 15) is 4.79 Å². The lowest BCUT2D eigenvalue weighted by molar-refractivity contribution is 0.00333. The highest BCUT2D eigenvalue weighted by Gasteiger charge is 2.27. The highest BCUT2D eigenvalue weighted by atomic mass is 16.5. The van der Waals surface area contributed by atoms with Crippen molar-refractivity contribution in [3.63, 3.8) is 0 Å². The van der Waals surface area contributed by atoms with Crippen molar-refractivity contribution >= 4 is 11.6 Å². The molecule has 0 N–H and O–H groups in total. The number of carbonyl (C=O) groups is 1. The Morgan fingerprint density at radius 1 is 1.03 bits per heavy atom. The number of nitriles is 1. The zero-order chi connectivity index (χ0) is 26.5. The maximum atomic E-state index is 13.0. The fourth-order valence-electron chi connectivity index (χ4n) is 5.36.